The number of hydrogen-bond acceptors (Lipinski definition) is 2. The van der Waals surface area contributed by atoms with E-state index in [0.29, 0.717) is 5.47 Å². The van der Waals surface area contributed by atoms with Crippen molar-refractivity contribution in [3.8, 4) is 0 Å². The van der Waals surface area contributed by atoms with Gasteiger partial charge >= 0.3 is 71.1 Å². The molecule has 0 aromatic heterocycles. The first kappa shape index (κ1) is 8.91. The SMILES string of the molecule is C=BC1=CC(=O)N(C(C)C)C1=O. The molecular formula is C8H10BNO2. The Hall–Kier alpha value is -1.19. The van der Waals surface area contributed by atoms with Gasteiger partial charge in [0.15, 0.2) is 0 Å². The van der Waals surface area contributed by atoms with Gasteiger partial charge in [0.1, 0.15) is 0 Å². The van der Waals surface area contributed by atoms with E-state index in [1.54, 1.807) is 13.8 Å². The summed E-state index contributed by atoms with van der Waals surface area (Å²) in [5.41, 5.74) is 0.383. The summed E-state index contributed by atoms with van der Waals surface area (Å²) in [6.07, 6.45) is 1.31. The molecule has 2 amide bonds. The topological polar surface area (TPSA) is 37.4 Å². The van der Waals surface area contributed by atoms with Crippen LogP contribution in [0.5, 0.6) is 0 Å². The van der Waals surface area contributed by atoms with Crippen LogP contribution in [0, 0.1) is 0 Å². The van der Waals surface area contributed by atoms with E-state index >= 15 is 0 Å². The minimum absolute atomic E-state index is 0.0845. The zero-order valence-corrected chi connectivity index (χ0v) is 7.20. The maximum atomic E-state index is 11.4. The van der Waals surface area contributed by atoms with Gasteiger partial charge in [-0.2, -0.15) is 0 Å². The van der Waals surface area contributed by atoms with E-state index in [1.807, 2.05) is 0 Å². The van der Waals surface area contributed by atoms with Gasteiger partial charge in [-0.1, -0.05) is 0 Å². The molecule has 0 fully saturated rings. The Kier molecular flexibility index (Phi) is 2.26. The van der Waals surface area contributed by atoms with Crippen LogP contribution >= 0.6 is 0 Å². The minimum atomic E-state index is -0.245. The van der Waals surface area contributed by atoms with Crippen LogP contribution in [0.1, 0.15) is 13.8 Å². The molecule has 0 saturated heterocycles. The van der Waals surface area contributed by atoms with Gasteiger partial charge in [0, 0.05) is 0 Å². The Morgan fingerprint density at radius 1 is 1.50 bits per heavy atom. The Morgan fingerprint density at radius 2 is 2.08 bits per heavy atom. The molecule has 0 spiro atoms. The van der Waals surface area contributed by atoms with Crippen LogP contribution < -0.4 is 0 Å². The average Bonchev–Trinajstić information content (AvgIpc) is 2.25. The fourth-order valence-corrected chi connectivity index (χ4v) is 1.14. The van der Waals surface area contributed by atoms with Crippen molar-refractivity contribution in [2.75, 3.05) is 0 Å². The Morgan fingerprint density at radius 3 is 2.33 bits per heavy atom. The number of carbonyl (C=O) groups is 2. The molecule has 12 heavy (non-hydrogen) atoms. The number of imide groups is 1. The Bertz CT molecular complexity index is 281. The molecule has 0 aromatic rings. The second kappa shape index (κ2) is 3.05. The van der Waals surface area contributed by atoms with Crippen LogP contribution in [0.2, 0.25) is 0 Å². The van der Waals surface area contributed by atoms with Crippen LogP contribution in [-0.4, -0.2) is 36.1 Å². The first-order chi connectivity index (χ1) is 5.57. The predicted octanol–water partition coefficient (Wildman–Crippen LogP) is -0.216. The van der Waals surface area contributed by atoms with E-state index in [4.69, 9.17) is 0 Å². The van der Waals surface area contributed by atoms with Gasteiger partial charge in [-0.25, -0.2) is 0 Å². The van der Waals surface area contributed by atoms with Gasteiger partial charge in [0.05, 0.1) is 0 Å². The van der Waals surface area contributed by atoms with Gasteiger partial charge in [0.2, 0.25) is 0 Å². The summed E-state index contributed by atoms with van der Waals surface area (Å²) in [6.45, 7) is 8.46. The summed E-state index contributed by atoms with van der Waals surface area (Å²) in [5, 5.41) is 0. The van der Waals surface area contributed by atoms with Crippen molar-refractivity contribution >= 4 is 25.2 Å². The van der Waals surface area contributed by atoms with Crippen molar-refractivity contribution in [2.24, 2.45) is 0 Å². The zero-order valence-electron chi connectivity index (χ0n) is 7.20. The summed E-state index contributed by atoms with van der Waals surface area (Å²) < 4.78 is 0. The van der Waals surface area contributed by atoms with Crippen molar-refractivity contribution in [1.82, 2.24) is 4.90 Å². The van der Waals surface area contributed by atoms with Crippen LogP contribution in [0.3, 0.4) is 0 Å². The molecule has 1 aliphatic heterocycles. The van der Waals surface area contributed by atoms with Crippen molar-refractivity contribution in [3.05, 3.63) is 11.5 Å². The molecule has 0 N–H and O–H groups in total. The summed E-state index contributed by atoms with van der Waals surface area (Å²) >= 11 is 0. The molecular weight excluding hydrogens is 153 g/mol. The Balaban J connectivity index is 2.95. The van der Waals surface area contributed by atoms with E-state index in [1.165, 1.54) is 17.9 Å². The molecule has 1 rings (SSSR count). The van der Waals surface area contributed by atoms with Crippen molar-refractivity contribution in [1.29, 1.82) is 0 Å². The third-order valence-electron chi connectivity index (χ3n) is 1.72. The molecule has 3 nitrogen and oxygen atoms in total. The average molecular weight is 163 g/mol. The maximum absolute atomic E-state index is 11.4. The first-order valence-corrected chi connectivity index (χ1v) is 3.79. The standard InChI is InChI=1S/C8H10BNO2/c1-5(2)10-7(11)4-6(9-3)8(10)12/h4-5H,3H2,1-2H3. The molecule has 0 saturated carbocycles. The molecule has 1 heterocycles. The molecule has 62 valence electrons. The fourth-order valence-electron chi connectivity index (χ4n) is 1.14. The third kappa shape index (κ3) is 1.24. The second-order valence-corrected chi connectivity index (χ2v) is 2.91. The molecule has 0 atom stereocenters. The molecule has 1 aliphatic rings. The number of carbonyl (C=O) groups excluding carboxylic acids is 2. The van der Waals surface area contributed by atoms with Crippen LogP contribution in [0.15, 0.2) is 11.5 Å². The van der Waals surface area contributed by atoms with Crippen LogP contribution in [0.4, 0.5) is 0 Å². The first-order valence-electron chi connectivity index (χ1n) is 3.79. The van der Waals surface area contributed by atoms with E-state index in [9.17, 15) is 9.59 Å². The normalized spacial score (nSPS) is 16.9. The number of rotatable bonds is 2. The van der Waals surface area contributed by atoms with Crippen LogP contribution in [-0.2, 0) is 9.59 Å². The zero-order chi connectivity index (χ0) is 9.30. The van der Waals surface area contributed by atoms with Crippen molar-refractivity contribution in [2.45, 2.75) is 19.9 Å². The molecule has 0 aliphatic carbocycles. The summed E-state index contributed by atoms with van der Waals surface area (Å²) in [6, 6.07) is -0.0845. The van der Waals surface area contributed by atoms with Gasteiger partial charge in [-0.05, 0) is 0 Å². The van der Waals surface area contributed by atoms with E-state index < -0.39 is 0 Å². The van der Waals surface area contributed by atoms with E-state index in [0.717, 1.165) is 0 Å². The molecule has 0 unspecified atom stereocenters. The number of hydrogen-bond donors (Lipinski definition) is 0. The van der Waals surface area contributed by atoms with Gasteiger partial charge in [-0.15, -0.1) is 0 Å². The second-order valence-electron chi connectivity index (χ2n) is 2.91. The fraction of sp³-hybridized carbons (Fsp3) is 0.375. The molecule has 0 radical (unpaired) electrons. The van der Waals surface area contributed by atoms with Crippen molar-refractivity contribution in [3.63, 3.8) is 0 Å². The molecule has 4 heteroatoms. The molecule has 0 bridgehead atoms. The molecule has 0 aromatic carbocycles. The summed E-state index contributed by atoms with van der Waals surface area (Å²) in [7, 11) is 0. The monoisotopic (exact) mass is 163 g/mol. The third-order valence-corrected chi connectivity index (χ3v) is 1.72. The van der Waals surface area contributed by atoms with Crippen LogP contribution in [0.25, 0.3) is 0 Å². The summed E-state index contributed by atoms with van der Waals surface area (Å²) in [4.78, 5) is 23.7. The van der Waals surface area contributed by atoms with Crippen molar-refractivity contribution < 1.29 is 9.59 Å². The Labute approximate surface area is 72.0 Å². The van der Waals surface area contributed by atoms with E-state index in [2.05, 4.69) is 6.47 Å². The van der Waals surface area contributed by atoms with Gasteiger partial charge < -0.3 is 0 Å². The van der Waals surface area contributed by atoms with Gasteiger partial charge in [0.25, 0.3) is 0 Å². The number of nitrogens with zero attached hydrogens (tertiary/aromatic N) is 1. The van der Waals surface area contributed by atoms with E-state index in [-0.39, 0.29) is 17.9 Å². The predicted molar refractivity (Wildman–Crippen MR) is 47.9 cm³/mol. The summed E-state index contributed by atoms with van der Waals surface area (Å²) in [5.74, 6) is -0.491. The number of amides is 2. The quantitative estimate of drug-likeness (QED) is 0.417. The van der Waals surface area contributed by atoms with Gasteiger partial charge in [-0.3, -0.25) is 0 Å².